The number of hydrogen-bond acceptors (Lipinski definition) is 3. The van der Waals surface area contributed by atoms with Gasteiger partial charge in [0.1, 0.15) is 5.69 Å². The van der Waals surface area contributed by atoms with Crippen LogP contribution in [0, 0.1) is 0 Å². The van der Waals surface area contributed by atoms with E-state index < -0.39 is 11.7 Å². The molecule has 1 aliphatic carbocycles. The van der Waals surface area contributed by atoms with Crippen molar-refractivity contribution in [3.63, 3.8) is 0 Å². The van der Waals surface area contributed by atoms with Gasteiger partial charge in [0.15, 0.2) is 0 Å². The highest BCUT2D eigenvalue weighted by Gasteiger charge is 2.30. The summed E-state index contributed by atoms with van der Waals surface area (Å²) in [5.74, 6) is 0.155. The van der Waals surface area contributed by atoms with Crippen LogP contribution in [-0.2, 0) is 19.6 Å². The minimum atomic E-state index is -4.39. The van der Waals surface area contributed by atoms with Crippen LogP contribution in [0.3, 0.4) is 0 Å². The van der Waals surface area contributed by atoms with Crippen molar-refractivity contribution < 1.29 is 18.0 Å². The molecule has 0 aromatic carbocycles. The second-order valence-corrected chi connectivity index (χ2v) is 5.89. The van der Waals surface area contributed by atoms with Crippen molar-refractivity contribution in [2.24, 2.45) is 7.05 Å². The van der Waals surface area contributed by atoms with Gasteiger partial charge in [-0.05, 0) is 31.0 Å². The molecule has 24 heavy (non-hydrogen) atoms. The van der Waals surface area contributed by atoms with E-state index in [0.29, 0.717) is 11.6 Å². The number of carbonyl (C=O) groups is 1. The Balaban J connectivity index is 1.56. The lowest BCUT2D eigenvalue weighted by Crippen LogP contribution is -2.26. The van der Waals surface area contributed by atoms with Crippen LogP contribution in [0.2, 0.25) is 0 Å². The first-order valence-corrected chi connectivity index (χ1v) is 7.69. The van der Waals surface area contributed by atoms with Gasteiger partial charge in [0.2, 0.25) is 0 Å². The second kappa shape index (κ2) is 6.26. The predicted molar refractivity (Wildman–Crippen MR) is 80.5 cm³/mol. The zero-order chi connectivity index (χ0) is 17.3. The summed E-state index contributed by atoms with van der Waals surface area (Å²) in [4.78, 5) is 16.0. The van der Waals surface area contributed by atoms with Gasteiger partial charge in [0.25, 0.3) is 5.91 Å². The zero-order valence-electron chi connectivity index (χ0n) is 13.1. The van der Waals surface area contributed by atoms with Crippen molar-refractivity contribution in [3.05, 3.63) is 47.0 Å². The van der Waals surface area contributed by atoms with Crippen LogP contribution in [0.25, 0.3) is 0 Å². The first-order valence-electron chi connectivity index (χ1n) is 7.69. The van der Waals surface area contributed by atoms with E-state index in [4.69, 9.17) is 0 Å². The summed E-state index contributed by atoms with van der Waals surface area (Å²) in [7, 11) is 1.80. The standard InChI is InChI=1S/C16H17F3N4O/c1-23-14(10-2-3-10)9-13(22-23)15(24)21-7-5-12-8-11(4-6-20-12)16(17,18)19/h4,6,8-10H,2-3,5,7H2,1H3,(H,21,24). The number of halogens is 3. The maximum atomic E-state index is 12.6. The van der Waals surface area contributed by atoms with Crippen molar-refractivity contribution in [3.8, 4) is 0 Å². The highest BCUT2D eigenvalue weighted by Crippen LogP contribution is 2.39. The molecule has 0 radical (unpaired) electrons. The Kier molecular flexibility index (Phi) is 4.29. The summed E-state index contributed by atoms with van der Waals surface area (Å²) >= 11 is 0. The molecule has 2 heterocycles. The lowest BCUT2D eigenvalue weighted by Gasteiger charge is -2.08. The van der Waals surface area contributed by atoms with Gasteiger partial charge in [-0.25, -0.2) is 0 Å². The largest absolute Gasteiger partial charge is 0.416 e. The van der Waals surface area contributed by atoms with E-state index in [0.717, 1.165) is 36.9 Å². The van der Waals surface area contributed by atoms with E-state index in [1.807, 2.05) is 0 Å². The molecule has 1 amide bonds. The molecule has 1 saturated carbocycles. The minimum Gasteiger partial charge on any atom is -0.350 e. The number of nitrogens with one attached hydrogen (secondary N) is 1. The number of pyridine rings is 1. The lowest BCUT2D eigenvalue weighted by atomic mass is 10.2. The van der Waals surface area contributed by atoms with Crippen LogP contribution in [-0.4, -0.2) is 27.2 Å². The second-order valence-electron chi connectivity index (χ2n) is 5.89. The van der Waals surface area contributed by atoms with Gasteiger partial charge in [0.05, 0.1) is 5.56 Å². The normalized spacial score (nSPS) is 14.7. The van der Waals surface area contributed by atoms with Crippen LogP contribution >= 0.6 is 0 Å². The fraction of sp³-hybridized carbons (Fsp3) is 0.438. The summed E-state index contributed by atoms with van der Waals surface area (Å²) in [6, 6.07) is 3.70. The molecule has 0 unspecified atom stereocenters. The Morgan fingerprint density at radius 3 is 2.79 bits per heavy atom. The molecule has 2 aromatic heterocycles. The van der Waals surface area contributed by atoms with E-state index in [1.165, 1.54) is 0 Å². The SMILES string of the molecule is Cn1nc(C(=O)NCCc2cc(C(F)(F)F)ccn2)cc1C1CC1. The maximum Gasteiger partial charge on any atom is 0.416 e. The third kappa shape index (κ3) is 3.74. The Labute approximate surface area is 136 Å². The summed E-state index contributed by atoms with van der Waals surface area (Å²) in [5.41, 5.74) is 0.915. The van der Waals surface area contributed by atoms with Crippen molar-refractivity contribution >= 4 is 5.91 Å². The van der Waals surface area contributed by atoms with E-state index in [1.54, 1.807) is 17.8 Å². The molecule has 1 N–H and O–H groups in total. The van der Waals surface area contributed by atoms with Crippen molar-refractivity contribution in [2.45, 2.75) is 31.4 Å². The number of hydrogen-bond donors (Lipinski definition) is 1. The number of amides is 1. The van der Waals surface area contributed by atoms with Crippen molar-refractivity contribution in [1.29, 1.82) is 0 Å². The lowest BCUT2D eigenvalue weighted by molar-refractivity contribution is -0.137. The Bertz CT molecular complexity index is 750. The Morgan fingerprint density at radius 2 is 2.12 bits per heavy atom. The summed E-state index contributed by atoms with van der Waals surface area (Å²) in [6.07, 6.45) is -0.823. The quantitative estimate of drug-likeness (QED) is 0.912. The van der Waals surface area contributed by atoms with Gasteiger partial charge >= 0.3 is 6.18 Å². The number of alkyl halides is 3. The summed E-state index contributed by atoms with van der Waals surface area (Å²) < 4.78 is 39.6. The number of aryl methyl sites for hydroxylation is 1. The minimum absolute atomic E-state index is 0.197. The van der Waals surface area contributed by atoms with Gasteiger partial charge in [-0.15, -0.1) is 0 Å². The highest BCUT2D eigenvalue weighted by molar-refractivity contribution is 5.92. The van der Waals surface area contributed by atoms with E-state index >= 15 is 0 Å². The number of nitrogens with zero attached hydrogens (tertiary/aromatic N) is 3. The molecule has 0 aliphatic heterocycles. The van der Waals surface area contributed by atoms with Crippen LogP contribution < -0.4 is 5.32 Å². The molecule has 0 atom stereocenters. The number of rotatable bonds is 5. The van der Waals surface area contributed by atoms with Gasteiger partial charge in [-0.3, -0.25) is 14.5 Å². The molecule has 1 aliphatic rings. The molecular formula is C16H17F3N4O. The van der Waals surface area contributed by atoms with Gasteiger partial charge < -0.3 is 5.32 Å². The first-order chi connectivity index (χ1) is 11.3. The Morgan fingerprint density at radius 1 is 1.38 bits per heavy atom. The Hall–Kier alpha value is -2.38. The molecule has 2 aromatic rings. The van der Waals surface area contributed by atoms with Gasteiger partial charge in [0, 0.05) is 43.5 Å². The van der Waals surface area contributed by atoms with Crippen LogP contribution in [0.15, 0.2) is 24.4 Å². The molecular weight excluding hydrogens is 321 g/mol. The monoisotopic (exact) mass is 338 g/mol. The van der Waals surface area contributed by atoms with Crippen LogP contribution in [0.1, 0.15) is 46.2 Å². The first kappa shape index (κ1) is 16.5. The summed E-state index contributed by atoms with van der Waals surface area (Å²) in [5, 5.41) is 6.85. The fourth-order valence-corrected chi connectivity index (χ4v) is 2.54. The van der Waals surface area contributed by atoms with Crippen LogP contribution in [0.4, 0.5) is 13.2 Å². The van der Waals surface area contributed by atoms with Crippen LogP contribution in [0.5, 0.6) is 0 Å². The van der Waals surface area contributed by atoms with E-state index in [2.05, 4.69) is 15.4 Å². The molecule has 3 rings (SSSR count). The highest BCUT2D eigenvalue weighted by atomic mass is 19.4. The maximum absolute atomic E-state index is 12.6. The third-order valence-corrected chi connectivity index (χ3v) is 3.95. The molecule has 5 nitrogen and oxygen atoms in total. The number of aromatic nitrogens is 3. The van der Waals surface area contributed by atoms with Crippen molar-refractivity contribution in [1.82, 2.24) is 20.1 Å². The summed E-state index contributed by atoms with van der Waals surface area (Å²) in [6.45, 7) is 0.197. The fourth-order valence-electron chi connectivity index (χ4n) is 2.54. The van der Waals surface area contributed by atoms with Gasteiger partial charge in [-0.1, -0.05) is 0 Å². The molecule has 0 saturated heterocycles. The van der Waals surface area contributed by atoms with E-state index in [-0.39, 0.29) is 24.6 Å². The third-order valence-electron chi connectivity index (χ3n) is 3.95. The zero-order valence-corrected chi connectivity index (χ0v) is 13.1. The number of carbonyl (C=O) groups excluding carboxylic acids is 1. The van der Waals surface area contributed by atoms with Crippen molar-refractivity contribution in [2.75, 3.05) is 6.54 Å². The molecule has 1 fully saturated rings. The smallest absolute Gasteiger partial charge is 0.350 e. The average molecular weight is 338 g/mol. The average Bonchev–Trinajstić information content (AvgIpc) is 3.29. The van der Waals surface area contributed by atoms with Gasteiger partial charge in [-0.2, -0.15) is 18.3 Å². The molecule has 0 bridgehead atoms. The molecule has 128 valence electrons. The van der Waals surface area contributed by atoms with E-state index in [9.17, 15) is 18.0 Å². The molecule has 8 heteroatoms. The molecule has 0 spiro atoms. The predicted octanol–water partition coefficient (Wildman–Crippen LogP) is 2.68. The topological polar surface area (TPSA) is 59.8 Å².